The summed E-state index contributed by atoms with van der Waals surface area (Å²) in [6, 6.07) is 9.84. The van der Waals surface area contributed by atoms with Crippen LogP contribution >= 0.6 is 31.9 Å². The van der Waals surface area contributed by atoms with E-state index in [1.807, 2.05) is 6.07 Å². The number of aryl methyl sites for hydroxylation is 1. The van der Waals surface area contributed by atoms with Crippen molar-refractivity contribution >= 4 is 43.5 Å². The molecule has 2 aromatic carbocycles. The second kappa shape index (κ2) is 5.84. The fourth-order valence-corrected chi connectivity index (χ4v) is 2.85. The second-order valence-electron chi connectivity index (χ2n) is 4.08. The Kier molecular flexibility index (Phi) is 4.37. The van der Waals surface area contributed by atoms with E-state index in [2.05, 4.69) is 37.2 Å². The minimum atomic E-state index is -0.340. The lowest BCUT2D eigenvalue weighted by Crippen LogP contribution is -2.12. The van der Waals surface area contributed by atoms with Gasteiger partial charge in [0.25, 0.3) is 5.91 Å². The molecule has 1 amide bonds. The van der Waals surface area contributed by atoms with E-state index >= 15 is 0 Å². The van der Waals surface area contributed by atoms with Crippen LogP contribution in [0.1, 0.15) is 15.9 Å². The van der Waals surface area contributed by atoms with Gasteiger partial charge >= 0.3 is 0 Å². The summed E-state index contributed by atoms with van der Waals surface area (Å²) in [4.78, 5) is 12.0. The number of amides is 1. The molecule has 1 N–H and O–H groups in total. The predicted molar refractivity (Wildman–Crippen MR) is 80.9 cm³/mol. The lowest BCUT2D eigenvalue weighted by atomic mass is 10.2. The molecule has 0 heterocycles. The highest BCUT2D eigenvalue weighted by molar-refractivity contribution is 9.11. The summed E-state index contributed by atoms with van der Waals surface area (Å²) in [6.45, 7) is 1.67. The van der Waals surface area contributed by atoms with Crippen molar-refractivity contribution < 1.29 is 9.18 Å². The Hall–Kier alpha value is -1.20. The lowest BCUT2D eigenvalue weighted by Gasteiger charge is -2.07. The Morgan fingerprint density at radius 2 is 1.74 bits per heavy atom. The smallest absolute Gasteiger partial charge is 0.255 e. The molecule has 98 valence electrons. The van der Waals surface area contributed by atoms with Crippen molar-refractivity contribution in [2.75, 3.05) is 5.32 Å². The van der Waals surface area contributed by atoms with Gasteiger partial charge in [-0.25, -0.2) is 4.39 Å². The van der Waals surface area contributed by atoms with E-state index in [9.17, 15) is 9.18 Å². The third-order valence-corrected chi connectivity index (χ3v) is 3.47. The van der Waals surface area contributed by atoms with Crippen LogP contribution in [0.3, 0.4) is 0 Å². The Morgan fingerprint density at radius 1 is 1.11 bits per heavy atom. The van der Waals surface area contributed by atoms with E-state index in [-0.39, 0.29) is 11.7 Å². The molecular weight excluding hydrogens is 377 g/mol. The van der Waals surface area contributed by atoms with E-state index in [4.69, 9.17) is 0 Å². The van der Waals surface area contributed by atoms with Crippen LogP contribution in [-0.4, -0.2) is 5.91 Å². The number of hydrogen-bond donors (Lipinski definition) is 1. The quantitative estimate of drug-likeness (QED) is 0.780. The number of benzene rings is 2. The van der Waals surface area contributed by atoms with Crippen LogP contribution in [0, 0.1) is 12.7 Å². The van der Waals surface area contributed by atoms with E-state index in [0.717, 1.165) is 8.95 Å². The third-order valence-electron chi connectivity index (χ3n) is 2.55. The number of hydrogen-bond acceptors (Lipinski definition) is 1. The van der Waals surface area contributed by atoms with E-state index in [1.54, 1.807) is 31.2 Å². The Labute approximate surface area is 127 Å². The minimum Gasteiger partial charge on any atom is -0.322 e. The van der Waals surface area contributed by atoms with Gasteiger partial charge in [0, 0.05) is 20.2 Å². The van der Waals surface area contributed by atoms with Crippen molar-refractivity contribution in [1.82, 2.24) is 0 Å². The van der Waals surface area contributed by atoms with Crippen LogP contribution in [-0.2, 0) is 0 Å². The maximum atomic E-state index is 13.4. The van der Waals surface area contributed by atoms with E-state index < -0.39 is 0 Å². The fraction of sp³-hybridized carbons (Fsp3) is 0.0714. The number of rotatable bonds is 2. The molecule has 0 atom stereocenters. The largest absolute Gasteiger partial charge is 0.322 e. The summed E-state index contributed by atoms with van der Waals surface area (Å²) >= 11 is 6.64. The highest BCUT2D eigenvalue weighted by Crippen LogP contribution is 2.21. The standard InChI is InChI=1S/C14H10Br2FNO/c1-8-2-3-12(7-13(8)17)18-14(19)9-4-10(15)6-11(16)5-9/h2-7H,1H3,(H,18,19). The normalized spacial score (nSPS) is 10.3. The molecule has 0 aliphatic heterocycles. The summed E-state index contributed by atoms with van der Waals surface area (Å²) in [7, 11) is 0. The average molecular weight is 387 g/mol. The molecule has 0 radical (unpaired) electrons. The molecule has 0 saturated heterocycles. The monoisotopic (exact) mass is 385 g/mol. The fourth-order valence-electron chi connectivity index (χ4n) is 1.56. The van der Waals surface area contributed by atoms with Gasteiger partial charge in [-0.15, -0.1) is 0 Å². The highest BCUT2D eigenvalue weighted by atomic mass is 79.9. The zero-order valence-corrected chi connectivity index (χ0v) is 13.2. The molecule has 0 unspecified atom stereocenters. The van der Waals surface area contributed by atoms with Crippen molar-refractivity contribution in [1.29, 1.82) is 0 Å². The van der Waals surface area contributed by atoms with Crippen LogP contribution in [0.4, 0.5) is 10.1 Å². The van der Waals surface area contributed by atoms with Crippen LogP contribution in [0.2, 0.25) is 0 Å². The van der Waals surface area contributed by atoms with Crippen molar-refractivity contribution in [3.63, 3.8) is 0 Å². The van der Waals surface area contributed by atoms with Gasteiger partial charge < -0.3 is 5.32 Å². The van der Waals surface area contributed by atoms with Crippen molar-refractivity contribution in [3.8, 4) is 0 Å². The molecule has 0 saturated carbocycles. The SMILES string of the molecule is Cc1ccc(NC(=O)c2cc(Br)cc(Br)c2)cc1F. The van der Waals surface area contributed by atoms with Gasteiger partial charge in [0.05, 0.1) is 0 Å². The average Bonchev–Trinajstić information content (AvgIpc) is 2.32. The zero-order chi connectivity index (χ0) is 14.0. The number of nitrogens with one attached hydrogen (secondary N) is 1. The Bertz CT molecular complexity index is 623. The first-order valence-electron chi connectivity index (χ1n) is 5.49. The van der Waals surface area contributed by atoms with Crippen LogP contribution < -0.4 is 5.32 Å². The molecule has 0 aliphatic carbocycles. The van der Waals surface area contributed by atoms with Crippen LogP contribution in [0.15, 0.2) is 45.3 Å². The number of anilines is 1. The third kappa shape index (κ3) is 3.64. The second-order valence-corrected chi connectivity index (χ2v) is 5.91. The first-order chi connectivity index (χ1) is 8.95. The number of carbonyl (C=O) groups is 1. The first-order valence-corrected chi connectivity index (χ1v) is 7.08. The molecule has 0 bridgehead atoms. The Balaban J connectivity index is 2.22. The first kappa shape index (κ1) is 14.2. The molecule has 2 aromatic rings. The van der Waals surface area contributed by atoms with Gasteiger partial charge in [-0.05, 0) is 42.8 Å². The number of carbonyl (C=O) groups excluding carboxylic acids is 1. The topological polar surface area (TPSA) is 29.1 Å². The van der Waals surface area contributed by atoms with Crippen molar-refractivity contribution in [2.45, 2.75) is 6.92 Å². The summed E-state index contributed by atoms with van der Waals surface area (Å²) in [5, 5.41) is 2.66. The molecule has 19 heavy (non-hydrogen) atoms. The van der Waals surface area contributed by atoms with Gasteiger partial charge in [0.1, 0.15) is 5.82 Å². The summed E-state index contributed by atoms with van der Waals surface area (Å²) in [5.74, 6) is -0.626. The van der Waals surface area contributed by atoms with Gasteiger partial charge in [-0.3, -0.25) is 4.79 Å². The maximum Gasteiger partial charge on any atom is 0.255 e. The molecule has 2 nitrogen and oxygen atoms in total. The Morgan fingerprint density at radius 3 is 2.32 bits per heavy atom. The molecule has 0 spiro atoms. The van der Waals surface area contributed by atoms with Gasteiger partial charge in [0.2, 0.25) is 0 Å². The molecule has 0 aliphatic rings. The van der Waals surface area contributed by atoms with Gasteiger partial charge in [-0.2, -0.15) is 0 Å². The summed E-state index contributed by atoms with van der Waals surface area (Å²) in [6.07, 6.45) is 0. The van der Waals surface area contributed by atoms with Gasteiger partial charge in [-0.1, -0.05) is 37.9 Å². The van der Waals surface area contributed by atoms with Crippen molar-refractivity contribution in [2.24, 2.45) is 0 Å². The molecular formula is C14H10Br2FNO. The van der Waals surface area contributed by atoms with Crippen LogP contribution in [0.25, 0.3) is 0 Å². The summed E-state index contributed by atoms with van der Waals surface area (Å²) < 4.78 is 15.0. The maximum absolute atomic E-state index is 13.4. The zero-order valence-electron chi connectivity index (χ0n) is 10.0. The van der Waals surface area contributed by atoms with Crippen LogP contribution in [0.5, 0.6) is 0 Å². The molecule has 2 rings (SSSR count). The van der Waals surface area contributed by atoms with E-state index in [0.29, 0.717) is 16.8 Å². The lowest BCUT2D eigenvalue weighted by molar-refractivity contribution is 0.102. The molecule has 0 aromatic heterocycles. The molecule has 5 heteroatoms. The van der Waals surface area contributed by atoms with Gasteiger partial charge in [0.15, 0.2) is 0 Å². The van der Waals surface area contributed by atoms with Crippen molar-refractivity contribution in [3.05, 3.63) is 62.3 Å². The molecule has 0 fully saturated rings. The summed E-state index contributed by atoms with van der Waals surface area (Å²) in [5.41, 5.74) is 1.47. The highest BCUT2D eigenvalue weighted by Gasteiger charge is 2.09. The predicted octanol–water partition coefficient (Wildman–Crippen LogP) is 4.91. The minimum absolute atomic E-state index is 0.287. The number of halogens is 3. The van der Waals surface area contributed by atoms with E-state index in [1.165, 1.54) is 6.07 Å².